The van der Waals surface area contributed by atoms with Crippen molar-refractivity contribution in [1.82, 2.24) is 4.90 Å². The third kappa shape index (κ3) is 3.43. The Labute approximate surface area is 251 Å². The Morgan fingerprint density at radius 2 is 1.74 bits per heavy atom. The molecule has 236 valence electrons. The van der Waals surface area contributed by atoms with Crippen LogP contribution in [-0.2, 0) is 23.7 Å². The van der Waals surface area contributed by atoms with Crippen LogP contribution in [-0.4, -0.2) is 90.7 Å². The number of aliphatic carboxylic acids is 1. The number of hydrogen-bond donors (Lipinski definition) is 2. The quantitative estimate of drug-likeness (QED) is 0.502. The summed E-state index contributed by atoms with van der Waals surface area (Å²) in [6.45, 7) is 16.1. The Hall–Kier alpha value is -0.770. The molecule has 3 heterocycles. The van der Waals surface area contributed by atoms with E-state index in [2.05, 4.69) is 39.5 Å². The first-order valence-corrected chi connectivity index (χ1v) is 17.0. The Balaban J connectivity index is 1.04. The average Bonchev–Trinajstić information content (AvgIpc) is 3.54. The summed E-state index contributed by atoms with van der Waals surface area (Å²) < 4.78 is 24.7. The summed E-state index contributed by atoms with van der Waals surface area (Å²) in [5.41, 5.74) is 0.361. The zero-order valence-corrected chi connectivity index (χ0v) is 26.3. The molecule has 2 spiro atoms. The summed E-state index contributed by atoms with van der Waals surface area (Å²) in [5.74, 6) is 0.611. The van der Waals surface area contributed by atoms with Crippen LogP contribution in [0.3, 0.4) is 0 Å². The lowest BCUT2D eigenvalue weighted by Gasteiger charge is -2.64. The number of aliphatic hydroxyl groups is 1. The number of hydrogen-bond acceptors (Lipinski definition) is 7. The molecule has 8 heteroatoms. The molecule has 13 atom stereocenters. The van der Waals surface area contributed by atoms with Gasteiger partial charge in [0.25, 0.3) is 0 Å². The molecule has 8 fully saturated rings. The van der Waals surface area contributed by atoms with Gasteiger partial charge in [-0.15, -0.1) is 0 Å². The van der Waals surface area contributed by atoms with Gasteiger partial charge in [-0.2, -0.15) is 0 Å². The molecule has 0 radical (unpaired) electrons. The van der Waals surface area contributed by atoms with Gasteiger partial charge in [-0.1, -0.05) is 34.6 Å². The molecule has 0 aromatic rings. The number of ether oxygens (including phenoxy) is 4. The highest BCUT2D eigenvalue weighted by Crippen LogP contribution is 2.89. The second-order valence-electron chi connectivity index (χ2n) is 17.0. The Kier molecular flexibility index (Phi) is 6.25. The zero-order chi connectivity index (χ0) is 29.4. The van der Waals surface area contributed by atoms with Gasteiger partial charge in [0, 0.05) is 12.0 Å². The molecule has 2 N–H and O–H groups in total. The van der Waals surface area contributed by atoms with Crippen LogP contribution in [0.4, 0.5) is 0 Å². The smallest absolute Gasteiger partial charge is 0.332 e. The number of nitrogens with zero attached hydrogens (tertiary/aromatic N) is 1. The number of morpholine rings is 1. The average molecular weight is 588 g/mol. The Morgan fingerprint density at radius 1 is 1.00 bits per heavy atom. The highest BCUT2D eigenvalue weighted by Gasteiger charge is 2.84. The van der Waals surface area contributed by atoms with E-state index in [9.17, 15) is 15.0 Å². The van der Waals surface area contributed by atoms with Gasteiger partial charge in [-0.05, 0) is 96.7 Å². The highest BCUT2D eigenvalue weighted by atomic mass is 16.7. The second kappa shape index (κ2) is 9.16. The van der Waals surface area contributed by atoms with Crippen LogP contribution in [0.15, 0.2) is 0 Å². The molecule has 3 aliphatic heterocycles. The normalized spacial score (nSPS) is 56.7. The predicted molar refractivity (Wildman–Crippen MR) is 155 cm³/mol. The molecule has 42 heavy (non-hydrogen) atoms. The van der Waals surface area contributed by atoms with Crippen molar-refractivity contribution in [3.63, 3.8) is 0 Å². The lowest BCUT2D eigenvalue weighted by atomic mass is 9.41. The fourth-order valence-electron chi connectivity index (χ4n) is 13.3. The van der Waals surface area contributed by atoms with Crippen LogP contribution < -0.4 is 0 Å². The number of aliphatic hydroxyl groups excluding tert-OH is 1. The molecule has 8 nitrogen and oxygen atoms in total. The van der Waals surface area contributed by atoms with Gasteiger partial charge >= 0.3 is 5.97 Å². The minimum Gasteiger partial charge on any atom is -0.479 e. The van der Waals surface area contributed by atoms with E-state index < -0.39 is 18.2 Å². The summed E-state index contributed by atoms with van der Waals surface area (Å²) in [6.07, 6.45) is 6.99. The van der Waals surface area contributed by atoms with Gasteiger partial charge in [-0.25, -0.2) is 4.79 Å². The second-order valence-corrected chi connectivity index (χ2v) is 17.0. The topological polar surface area (TPSA) is 97.7 Å². The molecule has 0 aromatic heterocycles. The summed E-state index contributed by atoms with van der Waals surface area (Å²) in [5, 5.41) is 22.0. The third-order valence-electron chi connectivity index (χ3n) is 15.5. The maximum Gasteiger partial charge on any atom is 0.332 e. The van der Waals surface area contributed by atoms with Crippen LogP contribution in [0.25, 0.3) is 0 Å². The largest absolute Gasteiger partial charge is 0.479 e. The fourth-order valence-corrected chi connectivity index (χ4v) is 13.3. The SMILES string of the molecule is CC1CC(C(=O)O)OC2C1[C@@]1(C)CCC34C[C@@]35CCC(O[C@H]3CN(C6COC6)CCO3)C(C)(C)[C@@H]5CC[C@H]4[C@]1(C)[C@H]2O. The minimum absolute atomic E-state index is 0.0436. The van der Waals surface area contributed by atoms with E-state index in [4.69, 9.17) is 18.9 Å². The number of carboxylic acids is 1. The monoisotopic (exact) mass is 587 g/mol. The van der Waals surface area contributed by atoms with Crippen molar-refractivity contribution in [3.8, 4) is 0 Å². The predicted octanol–water partition coefficient (Wildman–Crippen LogP) is 4.33. The molecular weight excluding hydrogens is 534 g/mol. The molecule has 0 aromatic carbocycles. The fraction of sp³-hybridized carbons (Fsp3) is 0.971. The van der Waals surface area contributed by atoms with E-state index in [-0.39, 0.29) is 52.0 Å². The van der Waals surface area contributed by atoms with E-state index >= 15 is 0 Å². The van der Waals surface area contributed by atoms with Gasteiger partial charge in [0.2, 0.25) is 0 Å². The van der Waals surface area contributed by atoms with Gasteiger partial charge in [0.1, 0.15) is 0 Å². The molecule has 0 bridgehead atoms. The van der Waals surface area contributed by atoms with Crippen molar-refractivity contribution in [1.29, 1.82) is 0 Å². The van der Waals surface area contributed by atoms with Crippen molar-refractivity contribution in [2.45, 2.75) is 123 Å². The first kappa shape index (κ1) is 28.7. The Morgan fingerprint density at radius 3 is 2.45 bits per heavy atom. The van der Waals surface area contributed by atoms with Crippen LogP contribution in [0, 0.1) is 50.7 Å². The summed E-state index contributed by atoms with van der Waals surface area (Å²) >= 11 is 0. The summed E-state index contributed by atoms with van der Waals surface area (Å²) in [7, 11) is 0. The van der Waals surface area contributed by atoms with Crippen molar-refractivity contribution in [3.05, 3.63) is 0 Å². The molecule has 0 amide bonds. The summed E-state index contributed by atoms with van der Waals surface area (Å²) in [6, 6.07) is 0.515. The molecule has 6 unspecified atom stereocenters. The standard InChI is InChI=1S/C34H53NO7/c1-19-14-21(29(37)38)41-27-26(19)31(4)10-11-34-18-33(34)9-8-24(42-25-15-35(12-13-40-25)20-16-39-17-20)30(2,3)22(33)6-7-23(34)32(31,5)28(27)36/h19-28,36H,6-18H2,1-5H3,(H,37,38)/t19?,21?,22-,23-,24?,25-,26?,27?,28-,31+,32+,33+,34?/m0/s1. The van der Waals surface area contributed by atoms with Gasteiger partial charge in [0.05, 0.1) is 50.7 Å². The molecule has 5 saturated carbocycles. The van der Waals surface area contributed by atoms with Crippen molar-refractivity contribution in [2.75, 3.05) is 32.9 Å². The zero-order valence-electron chi connectivity index (χ0n) is 26.3. The van der Waals surface area contributed by atoms with E-state index in [0.717, 1.165) is 52.2 Å². The first-order chi connectivity index (χ1) is 19.9. The molecular formula is C34H53NO7. The van der Waals surface area contributed by atoms with Crippen molar-refractivity contribution < 1.29 is 34.0 Å². The molecule has 8 aliphatic rings. The lowest BCUT2D eigenvalue weighted by Crippen LogP contribution is -2.60. The lowest BCUT2D eigenvalue weighted by molar-refractivity contribution is -0.256. The molecule has 8 rings (SSSR count). The minimum atomic E-state index is -0.889. The number of carbonyl (C=O) groups is 1. The number of fused-ring (bicyclic) bond motifs is 4. The summed E-state index contributed by atoms with van der Waals surface area (Å²) in [4.78, 5) is 14.4. The van der Waals surface area contributed by atoms with Crippen LogP contribution in [0.1, 0.15) is 86.0 Å². The van der Waals surface area contributed by atoms with E-state index in [1.165, 1.54) is 25.7 Å². The Bertz CT molecular complexity index is 1130. The number of rotatable bonds is 4. The molecule has 5 aliphatic carbocycles. The van der Waals surface area contributed by atoms with Crippen molar-refractivity contribution in [2.24, 2.45) is 50.7 Å². The van der Waals surface area contributed by atoms with Gasteiger partial charge < -0.3 is 29.2 Å². The maximum atomic E-state index is 12.2. The van der Waals surface area contributed by atoms with Gasteiger partial charge in [0.15, 0.2) is 12.4 Å². The van der Waals surface area contributed by atoms with Crippen LogP contribution >= 0.6 is 0 Å². The van der Waals surface area contributed by atoms with Crippen LogP contribution in [0.2, 0.25) is 0 Å². The van der Waals surface area contributed by atoms with Gasteiger partial charge in [-0.3, -0.25) is 4.90 Å². The van der Waals surface area contributed by atoms with Crippen molar-refractivity contribution >= 4 is 5.97 Å². The first-order valence-electron chi connectivity index (χ1n) is 17.0. The van der Waals surface area contributed by atoms with E-state index in [0.29, 0.717) is 29.7 Å². The highest BCUT2D eigenvalue weighted by molar-refractivity contribution is 5.72. The number of carboxylic acid groups (broad SMARTS) is 1. The maximum absolute atomic E-state index is 12.2. The van der Waals surface area contributed by atoms with E-state index in [1.807, 2.05) is 0 Å². The van der Waals surface area contributed by atoms with E-state index in [1.54, 1.807) is 0 Å². The molecule has 3 saturated heterocycles. The van der Waals surface area contributed by atoms with Crippen LogP contribution in [0.5, 0.6) is 0 Å². The third-order valence-corrected chi connectivity index (χ3v) is 15.5.